The van der Waals surface area contributed by atoms with Crippen LogP contribution in [0.3, 0.4) is 0 Å². The first kappa shape index (κ1) is 26.4. The van der Waals surface area contributed by atoms with Crippen LogP contribution in [0.1, 0.15) is 32.1 Å². The van der Waals surface area contributed by atoms with E-state index in [0.717, 1.165) is 32.2 Å². The topological polar surface area (TPSA) is 66.4 Å². The highest BCUT2D eigenvalue weighted by Gasteiger charge is 2.49. The van der Waals surface area contributed by atoms with E-state index in [4.69, 9.17) is 21.3 Å². The van der Waals surface area contributed by atoms with Crippen LogP contribution in [-0.2, 0) is 0 Å². The number of halogens is 4. The van der Waals surface area contributed by atoms with Gasteiger partial charge in [0.2, 0.25) is 0 Å². The van der Waals surface area contributed by atoms with Gasteiger partial charge in [-0.1, -0.05) is 17.7 Å². The molecule has 4 atom stereocenters. The molecule has 0 aliphatic carbocycles. The lowest BCUT2D eigenvalue weighted by atomic mass is 9.95. The Kier molecular flexibility index (Phi) is 6.24. The lowest BCUT2D eigenvalue weighted by molar-refractivity contribution is 0.107. The summed E-state index contributed by atoms with van der Waals surface area (Å²) in [5.41, 5.74) is 0.169. The normalized spacial score (nSPS) is 27.3. The summed E-state index contributed by atoms with van der Waals surface area (Å²) in [6.45, 7) is 2.77. The van der Waals surface area contributed by atoms with Crippen molar-refractivity contribution in [2.24, 2.45) is 0 Å². The number of benzene rings is 2. The molecule has 11 heteroatoms. The van der Waals surface area contributed by atoms with Crippen LogP contribution in [0.5, 0.6) is 6.01 Å². The molecular formula is C31H30ClF3N6O. The van der Waals surface area contributed by atoms with Crippen LogP contribution in [0.25, 0.3) is 32.9 Å². The van der Waals surface area contributed by atoms with Crippen molar-refractivity contribution in [1.82, 2.24) is 25.2 Å². The van der Waals surface area contributed by atoms with E-state index in [9.17, 15) is 4.39 Å². The zero-order chi connectivity index (χ0) is 28.6. The highest BCUT2D eigenvalue weighted by molar-refractivity contribution is 6.36. The Bertz CT molecular complexity index is 1710. The van der Waals surface area contributed by atoms with Gasteiger partial charge in [-0.15, -0.1) is 0 Å². The second-order valence-electron chi connectivity index (χ2n) is 12.2. The number of nitrogens with one attached hydrogen (secondary N) is 1. The number of hydrogen-bond acceptors (Lipinski definition) is 7. The van der Waals surface area contributed by atoms with Crippen molar-refractivity contribution < 1.29 is 17.9 Å². The molecule has 42 heavy (non-hydrogen) atoms. The standard InChI is InChI=1S/C31H30ClF3N6O/c32-22-3-1-4-24-25(22)20(7-9-36-24)26-23(34)11-21-28(27(26)35)38-30(39-29(21)40-14-18-5-6-19(15-40)37-18)42-16-31-8-2-10-41(31)13-17(33)12-31/h1,3-4,7,9,11,17-19,37H,2,5-6,8,10,12-16H2/t17-,18?,19?,31+/m1/s1. The Hall–Kier alpha value is -3.21. The quantitative estimate of drug-likeness (QED) is 0.319. The van der Waals surface area contributed by atoms with Gasteiger partial charge >= 0.3 is 6.01 Å². The van der Waals surface area contributed by atoms with Crippen molar-refractivity contribution >= 4 is 39.2 Å². The van der Waals surface area contributed by atoms with E-state index in [1.165, 1.54) is 12.3 Å². The van der Waals surface area contributed by atoms with E-state index in [0.29, 0.717) is 53.4 Å². The molecule has 2 bridgehead atoms. The average molecular weight is 595 g/mol. The molecule has 4 aliphatic rings. The summed E-state index contributed by atoms with van der Waals surface area (Å²) in [4.78, 5) is 17.8. The number of rotatable bonds is 5. The summed E-state index contributed by atoms with van der Waals surface area (Å²) in [5, 5.41) is 4.70. The number of fused-ring (bicyclic) bond motifs is 5. The summed E-state index contributed by atoms with van der Waals surface area (Å²) in [7, 11) is 0. The molecule has 4 aliphatic heterocycles. The van der Waals surface area contributed by atoms with Crippen LogP contribution >= 0.6 is 11.6 Å². The van der Waals surface area contributed by atoms with E-state index >= 15 is 8.78 Å². The van der Waals surface area contributed by atoms with Gasteiger partial charge in [0.15, 0.2) is 5.82 Å². The van der Waals surface area contributed by atoms with Crippen LogP contribution in [0.4, 0.5) is 19.0 Å². The molecule has 0 saturated carbocycles. The van der Waals surface area contributed by atoms with Gasteiger partial charge in [-0.2, -0.15) is 9.97 Å². The SMILES string of the molecule is Fc1cc2c(N3CC4CCC(C3)N4)nc(OC[C@@]34CCCN3C[C@H](F)C4)nc2c(F)c1-c1ccnc2cccc(Cl)c12. The van der Waals surface area contributed by atoms with Gasteiger partial charge in [0.05, 0.1) is 21.6 Å². The average Bonchev–Trinajstić information content (AvgIpc) is 3.62. The van der Waals surface area contributed by atoms with Gasteiger partial charge in [0.1, 0.15) is 29.9 Å². The lowest BCUT2D eigenvalue weighted by Gasteiger charge is -2.34. The van der Waals surface area contributed by atoms with Crippen molar-refractivity contribution in [3.05, 3.63) is 53.2 Å². The van der Waals surface area contributed by atoms with Gasteiger partial charge < -0.3 is 15.0 Å². The Labute approximate surface area is 246 Å². The third-order valence-electron chi connectivity index (χ3n) is 9.57. The van der Waals surface area contributed by atoms with Gasteiger partial charge in [0, 0.05) is 60.7 Å². The summed E-state index contributed by atoms with van der Waals surface area (Å²) >= 11 is 6.50. The molecule has 7 nitrogen and oxygen atoms in total. The van der Waals surface area contributed by atoms with Gasteiger partial charge in [-0.25, -0.2) is 13.2 Å². The van der Waals surface area contributed by atoms with Crippen LogP contribution < -0.4 is 15.0 Å². The zero-order valence-corrected chi connectivity index (χ0v) is 23.7. The number of pyridine rings is 1. The van der Waals surface area contributed by atoms with Crippen molar-refractivity contribution in [2.75, 3.05) is 37.7 Å². The number of aromatic nitrogens is 3. The van der Waals surface area contributed by atoms with Gasteiger partial charge in [-0.3, -0.25) is 9.88 Å². The molecule has 0 radical (unpaired) electrons. The largest absolute Gasteiger partial charge is 0.461 e. The summed E-state index contributed by atoms with van der Waals surface area (Å²) < 4.78 is 53.3. The molecule has 2 unspecified atom stereocenters. The number of anilines is 1. The molecule has 0 amide bonds. The van der Waals surface area contributed by atoms with E-state index < -0.39 is 23.3 Å². The van der Waals surface area contributed by atoms with Crippen molar-refractivity contribution in [3.63, 3.8) is 0 Å². The van der Waals surface area contributed by atoms with Gasteiger partial charge in [-0.05, 0) is 56.5 Å². The maximum Gasteiger partial charge on any atom is 0.319 e. The summed E-state index contributed by atoms with van der Waals surface area (Å²) in [6.07, 6.45) is 4.90. The lowest BCUT2D eigenvalue weighted by Crippen LogP contribution is -2.51. The highest BCUT2D eigenvalue weighted by Crippen LogP contribution is 2.42. The fourth-order valence-electron chi connectivity index (χ4n) is 7.70. The molecule has 218 valence electrons. The van der Waals surface area contributed by atoms with Crippen molar-refractivity contribution in [2.45, 2.75) is 55.9 Å². The minimum Gasteiger partial charge on any atom is -0.461 e. The number of hydrogen-bond donors (Lipinski definition) is 1. The van der Waals surface area contributed by atoms with Gasteiger partial charge in [0.25, 0.3) is 0 Å². The predicted octanol–water partition coefficient (Wildman–Crippen LogP) is 5.67. The number of alkyl halides is 1. The zero-order valence-electron chi connectivity index (χ0n) is 22.9. The monoisotopic (exact) mass is 594 g/mol. The Morgan fingerprint density at radius 2 is 1.93 bits per heavy atom. The fourth-order valence-corrected chi connectivity index (χ4v) is 7.97. The smallest absolute Gasteiger partial charge is 0.319 e. The first-order valence-corrected chi connectivity index (χ1v) is 15.0. The van der Waals surface area contributed by atoms with E-state index in [1.807, 2.05) is 0 Å². The molecule has 4 fully saturated rings. The molecule has 2 aromatic heterocycles. The number of piperazine rings is 1. The Balaban J connectivity index is 1.27. The highest BCUT2D eigenvalue weighted by atomic mass is 35.5. The first-order chi connectivity index (χ1) is 20.4. The van der Waals surface area contributed by atoms with E-state index in [2.05, 4.69) is 25.1 Å². The summed E-state index contributed by atoms with van der Waals surface area (Å²) in [6, 6.07) is 8.64. The predicted molar refractivity (Wildman–Crippen MR) is 156 cm³/mol. The summed E-state index contributed by atoms with van der Waals surface area (Å²) in [5.74, 6) is -1.09. The third kappa shape index (κ3) is 4.21. The molecule has 4 saturated heterocycles. The second kappa shape index (κ2) is 9.92. The molecule has 4 aromatic rings. The number of ether oxygens (including phenoxy) is 1. The minimum atomic E-state index is -0.900. The van der Waals surface area contributed by atoms with Crippen LogP contribution in [0.15, 0.2) is 36.5 Å². The van der Waals surface area contributed by atoms with Crippen LogP contribution in [0.2, 0.25) is 5.02 Å². The maximum atomic E-state index is 16.6. The van der Waals surface area contributed by atoms with E-state index in [-0.39, 0.29) is 41.2 Å². The van der Waals surface area contributed by atoms with E-state index in [1.54, 1.807) is 24.3 Å². The van der Waals surface area contributed by atoms with Crippen LogP contribution in [0, 0.1) is 11.6 Å². The molecule has 1 N–H and O–H groups in total. The Morgan fingerprint density at radius 1 is 1.10 bits per heavy atom. The minimum absolute atomic E-state index is 0.0148. The fraction of sp³-hybridized carbons (Fsp3) is 0.452. The second-order valence-corrected chi connectivity index (χ2v) is 12.6. The first-order valence-electron chi connectivity index (χ1n) is 14.6. The van der Waals surface area contributed by atoms with Crippen molar-refractivity contribution in [1.29, 1.82) is 0 Å². The molecule has 6 heterocycles. The molecule has 8 rings (SSSR count). The molecule has 2 aromatic carbocycles. The third-order valence-corrected chi connectivity index (χ3v) is 9.89. The maximum absolute atomic E-state index is 16.6. The van der Waals surface area contributed by atoms with Crippen molar-refractivity contribution in [3.8, 4) is 17.1 Å². The molecular weight excluding hydrogens is 565 g/mol. The Morgan fingerprint density at radius 3 is 2.76 bits per heavy atom. The number of nitrogens with zero attached hydrogens (tertiary/aromatic N) is 5. The molecule has 0 spiro atoms. The van der Waals surface area contributed by atoms with Crippen LogP contribution in [-0.4, -0.2) is 76.4 Å².